The van der Waals surface area contributed by atoms with Gasteiger partial charge in [-0.15, -0.1) is 11.6 Å². The molecule has 19 heavy (non-hydrogen) atoms. The molecule has 0 spiro atoms. The maximum absolute atomic E-state index is 6.74. The van der Waals surface area contributed by atoms with Crippen molar-refractivity contribution in [1.29, 1.82) is 0 Å². The third-order valence-corrected chi connectivity index (χ3v) is 4.67. The Labute approximate surface area is 119 Å². The topological polar surface area (TPSA) is 9.23 Å². The summed E-state index contributed by atoms with van der Waals surface area (Å²) in [6.07, 6.45) is 2.29. The summed E-state index contributed by atoms with van der Waals surface area (Å²) in [6.45, 7) is 3.82. The molecular weight excluding hydrogens is 256 g/mol. The van der Waals surface area contributed by atoms with Gasteiger partial charge >= 0.3 is 0 Å². The zero-order valence-electron chi connectivity index (χ0n) is 11.2. The van der Waals surface area contributed by atoms with E-state index in [0.29, 0.717) is 5.92 Å². The first-order valence-electron chi connectivity index (χ1n) is 6.97. The van der Waals surface area contributed by atoms with Crippen molar-refractivity contribution in [2.24, 2.45) is 5.92 Å². The molecule has 0 N–H and O–H groups in total. The second-order valence-electron chi connectivity index (χ2n) is 5.40. The van der Waals surface area contributed by atoms with E-state index < -0.39 is 0 Å². The molecular formula is C17H19ClO. The van der Waals surface area contributed by atoms with Gasteiger partial charge in [0.1, 0.15) is 0 Å². The predicted octanol–water partition coefficient (Wildman–Crippen LogP) is 4.85. The number of alkyl halides is 1. The van der Waals surface area contributed by atoms with Gasteiger partial charge in [0.25, 0.3) is 0 Å². The molecule has 1 aliphatic heterocycles. The van der Waals surface area contributed by atoms with Gasteiger partial charge in [-0.05, 0) is 41.7 Å². The molecule has 2 unspecified atom stereocenters. The Balaban J connectivity index is 2.02. The minimum absolute atomic E-state index is 0.0470. The van der Waals surface area contributed by atoms with Gasteiger partial charge in [-0.25, -0.2) is 0 Å². The molecule has 2 atom stereocenters. The van der Waals surface area contributed by atoms with Crippen molar-refractivity contribution in [2.75, 3.05) is 13.2 Å². The van der Waals surface area contributed by atoms with Crippen LogP contribution < -0.4 is 0 Å². The first-order valence-corrected chi connectivity index (χ1v) is 7.41. The number of hydrogen-bond acceptors (Lipinski definition) is 1. The average molecular weight is 275 g/mol. The van der Waals surface area contributed by atoms with Crippen LogP contribution in [-0.4, -0.2) is 13.2 Å². The van der Waals surface area contributed by atoms with Crippen LogP contribution in [0.3, 0.4) is 0 Å². The largest absolute Gasteiger partial charge is 0.381 e. The van der Waals surface area contributed by atoms with Gasteiger partial charge in [0.05, 0.1) is 12.0 Å². The minimum atomic E-state index is 0.0470. The van der Waals surface area contributed by atoms with Crippen LogP contribution in [0.5, 0.6) is 0 Å². The van der Waals surface area contributed by atoms with E-state index in [9.17, 15) is 0 Å². The molecule has 2 heteroatoms. The fourth-order valence-electron chi connectivity index (χ4n) is 2.96. The van der Waals surface area contributed by atoms with Crippen molar-refractivity contribution in [3.8, 4) is 0 Å². The van der Waals surface area contributed by atoms with Crippen LogP contribution in [0.4, 0.5) is 0 Å². The molecule has 100 valence electrons. The summed E-state index contributed by atoms with van der Waals surface area (Å²) in [5, 5.41) is 2.64. The molecule has 2 aromatic rings. The van der Waals surface area contributed by atoms with Gasteiger partial charge < -0.3 is 4.74 Å². The van der Waals surface area contributed by atoms with Crippen molar-refractivity contribution < 1.29 is 4.74 Å². The maximum Gasteiger partial charge on any atom is 0.0641 e. The number of aryl methyl sites for hydroxylation is 1. The summed E-state index contributed by atoms with van der Waals surface area (Å²) < 4.78 is 5.58. The van der Waals surface area contributed by atoms with Gasteiger partial charge in [0.15, 0.2) is 0 Å². The average Bonchev–Trinajstić information content (AvgIpc) is 2.48. The summed E-state index contributed by atoms with van der Waals surface area (Å²) >= 11 is 6.74. The number of fused-ring (bicyclic) bond motifs is 1. The SMILES string of the molecule is Cc1ccc(C(Cl)C2CCCOC2)c2ccccc12. The van der Waals surface area contributed by atoms with E-state index >= 15 is 0 Å². The van der Waals surface area contributed by atoms with Crippen molar-refractivity contribution in [3.05, 3.63) is 47.5 Å². The molecule has 3 rings (SSSR count). The summed E-state index contributed by atoms with van der Waals surface area (Å²) in [4.78, 5) is 0. The molecule has 1 saturated heterocycles. The standard InChI is InChI=1S/C17H19ClO/c1-12-8-9-16(15-7-3-2-6-14(12)15)17(18)13-5-4-10-19-11-13/h2-3,6-9,13,17H,4-5,10-11H2,1H3. The molecule has 2 aromatic carbocycles. The van der Waals surface area contributed by atoms with Gasteiger partial charge in [-0.2, -0.15) is 0 Å². The molecule has 1 aliphatic rings. The summed E-state index contributed by atoms with van der Waals surface area (Å²) in [6, 6.07) is 12.9. The van der Waals surface area contributed by atoms with E-state index in [4.69, 9.17) is 16.3 Å². The lowest BCUT2D eigenvalue weighted by Gasteiger charge is -2.27. The van der Waals surface area contributed by atoms with Crippen molar-refractivity contribution in [3.63, 3.8) is 0 Å². The van der Waals surface area contributed by atoms with Crippen LogP contribution in [0.25, 0.3) is 10.8 Å². The van der Waals surface area contributed by atoms with Crippen LogP contribution in [0, 0.1) is 12.8 Å². The monoisotopic (exact) mass is 274 g/mol. The lowest BCUT2D eigenvalue weighted by atomic mass is 9.90. The van der Waals surface area contributed by atoms with Crippen molar-refractivity contribution in [2.45, 2.75) is 25.1 Å². The molecule has 0 aromatic heterocycles. The molecule has 1 nitrogen and oxygen atoms in total. The van der Waals surface area contributed by atoms with E-state index in [1.807, 2.05) is 0 Å². The number of benzene rings is 2. The number of ether oxygens (including phenoxy) is 1. The highest BCUT2D eigenvalue weighted by atomic mass is 35.5. The lowest BCUT2D eigenvalue weighted by Crippen LogP contribution is -2.21. The Bertz CT molecular complexity index is 572. The molecule has 0 aliphatic carbocycles. The second kappa shape index (κ2) is 5.52. The first-order chi connectivity index (χ1) is 9.27. The summed E-state index contributed by atoms with van der Waals surface area (Å²) in [7, 11) is 0. The normalized spacial score (nSPS) is 21.5. The summed E-state index contributed by atoms with van der Waals surface area (Å²) in [5.41, 5.74) is 2.56. The molecule has 1 fully saturated rings. The van der Waals surface area contributed by atoms with Gasteiger partial charge in [-0.1, -0.05) is 36.4 Å². The van der Waals surface area contributed by atoms with Crippen LogP contribution >= 0.6 is 11.6 Å². The van der Waals surface area contributed by atoms with Crippen molar-refractivity contribution >= 4 is 22.4 Å². The van der Waals surface area contributed by atoms with Crippen LogP contribution in [0.2, 0.25) is 0 Å². The van der Waals surface area contributed by atoms with E-state index in [1.54, 1.807) is 0 Å². The Kier molecular flexibility index (Phi) is 3.76. The van der Waals surface area contributed by atoms with Gasteiger partial charge in [0.2, 0.25) is 0 Å². The smallest absolute Gasteiger partial charge is 0.0641 e. The number of hydrogen-bond donors (Lipinski definition) is 0. The zero-order chi connectivity index (χ0) is 13.2. The Hall–Kier alpha value is -1.05. The Morgan fingerprint density at radius 2 is 1.95 bits per heavy atom. The zero-order valence-corrected chi connectivity index (χ0v) is 12.0. The molecule has 1 heterocycles. The van der Waals surface area contributed by atoms with Crippen LogP contribution in [-0.2, 0) is 4.74 Å². The highest BCUT2D eigenvalue weighted by Crippen LogP contribution is 2.38. The number of halogens is 1. The fraction of sp³-hybridized carbons (Fsp3) is 0.412. The maximum atomic E-state index is 6.74. The van der Waals surface area contributed by atoms with Gasteiger partial charge in [-0.3, -0.25) is 0 Å². The van der Waals surface area contributed by atoms with E-state index in [-0.39, 0.29) is 5.38 Å². The summed E-state index contributed by atoms with van der Waals surface area (Å²) in [5.74, 6) is 0.432. The minimum Gasteiger partial charge on any atom is -0.381 e. The third-order valence-electron chi connectivity index (χ3n) is 4.08. The van der Waals surface area contributed by atoms with E-state index in [0.717, 1.165) is 26.1 Å². The molecule has 0 amide bonds. The van der Waals surface area contributed by atoms with E-state index in [2.05, 4.69) is 43.3 Å². The Morgan fingerprint density at radius 3 is 2.68 bits per heavy atom. The lowest BCUT2D eigenvalue weighted by molar-refractivity contribution is 0.0533. The third kappa shape index (κ3) is 2.50. The Morgan fingerprint density at radius 1 is 1.16 bits per heavy atom. The molecule has 0 saturated carbocycles. The second-order valence-corrected chi connectivity index (χ2v) is 5.87. The quantitative estimate of drug-likeness (QED) is 0.711. The fourth-order valence-corrected chi connectivity index (χ4v) is 3.35. The highest BCUT2D eigenvalue weighted by Gasteiger charge is 2.25. The molecule has 0 bridgehead atoms. The predicted molar refractivity (Wildman–Crippen MR) is 80.8 cm³/mol. The number of rotatable bonds is 2. The van der Waals surface area contributed by atoms with E-state index in [1.165, 1.54) is 21.9 Å². The highest BCUT2D eigenvalue weighted by molar-refractivity contribution is 6.22. The van der Waals surface area contributed by atoms with Crippen LogP contribution in [0.15, 0.2) is 36.4 Å². The molecule has 0 radical (unpaired) electrons. The van der Waals surface area contributed by atoms with Gasteiger partial charge in [0, 0.05) is 12.5 Å². The van der Waals surface area contributed by atoms with Crippen LogP contribution in [0.1, 0.15) is 29.3 Å². The van der Waals surface area contributed by atoms with Crippen molar-refractivity contribution in [1.82, 2.24) is 0 Å². The first kappa shape index (κ1) is 13.0.